The van der Waals surface area contributed by atoms with Gasteiger partial charge in [0, 0.05) is 133 Å². The van der Waals surface area contributed by atoms with Crippen LogP contribution < -0.4 is 0 Å². The molecule has 0 amide bonds. The van der Waals surface area contributed by atoms with Crippen molar-refractivity contribution in [2.24, 2.45) is 49.3 Å². The summed E-state index contributed by atoms with van der Waals surface area (Å²) in [6, 6.07) is 5.75. The first-order valence-corrected chi connectivity index (χ1v) is 43.8. The van der Waals surface area contributed by atoms with E-state index in [1.165, 1.54) is 27.4 Å². The van der Waals surface area contributed by atoms with Crippen LogP contribution in [-0.2, 0) is 49.3 Å². The Morgan fingerprint density at radius 1 is 0.364 bits per heavy atom. The smallest absolute Gasteiger partial charge is 0.177 e. The highest BCUT2D eigenvalue weighted by Gasteiger charge is 2.11. The number of tetrazole rings is 2. The third-order valence-corrected chi connectivity index (χ3v) is 14.1. The summed E-state index contributed by atoms with van der Waals surface area (Å²) in [6.45, 7) is 92.3. The molecule has 29 nitrogen and oxygen atoms in total. The number of aryl methyl sites for hydroxylation is 9. The SMILES string of the molecule is CC.CC.CC.CC.CC.CC.CC.CC.CC.CC.CC(C)c1ccnn1C.CC(C)c1cn(C)cn1.CC(C)c1cncn1C.CC(C)c1cnn(C)c1.CC(C)c1nnn(C)n1.CC(C)n1cccn1.CC(C)n1ccnc1.CC(C)n1ccnn1.Cc1c(C(C)C)nnn1C.Cc1nnn(C(C)C)n1.Cc1nnn(C)c1C(C)C. The van der Waals surface area contributed by atoms with Crippen LogP contribution >= 0.6 is 0 Å². The lowest BCUT2D eigenvalue weighted by molar-refractivity contribution is 0.454. The molecule has 0 atom stereocenters. The van der Waals surface area contributed by atoms with Gasteiger partial charge in [-0.15, -0.1) is 35.7 Å². The minimum atomic E-state index is 0.311. The normalized spacial score (nSPS) is 9.35. The van der Waals surface area contributed by atoms with E-state index in [1.807, 2.05) is 338 Å². The van der Waals surface area contributed by atoms with Crippen LogP contribution in [0.1, 0.15) is 413 Å². The zero-order chi connectivity index (χ0) is 94.5. The Balaban J connectivity index is -0.000000133. The number of hydrogen-bond acceptors (Lipinski definition) is 18. The monoisotopic (exact) mass is 1660 g/mol. The molecule has 0 radical (unpaired) electrons. The van der Waals surface area contributed by atoms with Gasteiger partial charge in [-0.25, -0.2) is 15.0 Å². The van der Waals surface area contributed by atoms with Crippen LogP contribution in [0.15, 0.2) is 99.3 Å². The third kappa shape index (κ3) is 63.0. The molecule has 11 aromatic rings. The second-order valence-electron chi connectivity index (χ2n) is 26.7. The third-order valence-electron chi connectivity index (χ3n) is 14.1. The summed E-state index contributed by atoms with van der Waals surface area (Å²) < 4.78 is 17.2. The van der Waals surface area contributed by atoms with Gasteiger partial charge in [0.1, 0.15) is 0 Å². The fraction of sp³-hybridized carbons (Fsp3) is 0.708. The van der Waals surface area contributed by atoms with Crippen molar-refractivity contribution in [1.82, 2.24) is 143 Å². The number of imidazole rings is 3. The zero-order valence-corrected chi connectivity index (χ0v) is 85.6. The topological polar surface area (TPSA) is 286 Å². The van der Waals surface area contributed by atoms with Gasteiger partial charge in [-0.2, -0.15) is 24.9 Å². The molecule has 11 heterocycles. The summed E-state index contributed by atoms with van der Waals surface area (Å²) in [4.78, 5) is 15.2. The van der Waals surface area contributed by atoms with E-state index >= 15 is 0 Å². The Labute approximate surface area is 722 Å². The fourth-order valence-electron chi connectivity index (χ4n) is 8.26. The number of nitrogens with zero attached hydrogens (tertiary/aromatic N) is 29. The van der Waals surface area contributed by atoms with E-state index in [0.29, 0.717) is 65.6 Å². The summed E-state index contributed by atoms with van der Waals surface area (Å²) in [6.07, 6.45) is 26.3. The molecule has 11 rings (SSSR count). The Morgan fingerprint density at radius 3 is 1.08 bits per heavy atom. The van der Waals surface area contributed by atoms with Crippen LogP contribution in [0.25, 0.3) is 0 Å². The molecule has 11 aromatic heterocycles. The van der Waals surface area contributed by atoms with Crippen LogP contribution in [0, 0.1) is 20.8 Å². The lowest BCUT2D eigenvalue weighted by Crippen LogP contribution is -2.04. The second kappa shape index (κ2) is 84.3. The number of hydrogen-bond donors (Lipinski definition) is 0. The van der Waals surface area contributed by atoms with Gasteiger partial charge in [0.2, 0.25) is 0 Å². The maximum atomic E-state index is 4.18. The maximum Gasteiger partial charge on any atom is 0.177 e. The van der Waals surface area contributed by atoms with Crippen molar-refractivity contribution in [2.45, 2.75) is 377 Å². The van der Waals surface area contributed by atoms with E-state index < -0.39 is 0 Å². The highest BCUT2D eigenvalue weighted by Crippen LogP contribution is 2.17. The molecule has 29 heteroatoms. The summed E-state index contributed by atoms with van der Waals surface area (Å²) in [5.41, 5.74) is 9.56. The Bertz CT molecular complexity index is 3350. The van der Waals surface area contributed by atoms with Crippen LogP contribution in [0.3, 0.4) is 0 Å². The van der Waals surface area contributed by atoms with Gasteiger partial charge < -0.3 is 13.7 Å². The van der Waals surface area contributed by atoms with Gasteiger partial charge in [0.25, 0.3) is 0 Å². The average molecular weight is 1660 g/mol. The molecule has 0 fully saturated rings. The van der Waals surface area contributed by atoms with Gasteiger partial charge in [-0.1, -0.05) is 251 Å². The molecular formula is C89H183N29. The number of aromatic nitrogens is 29. The lowest BCUT2D eigenvalue weighted by Gasteiger charge is -2.03. The van der Waals surface area contributed by atoms with Crippen molar-refractivity contribution in [3.05, 3.63) is 156 Å². The molecule has 0 saturated carbocycles. The van der Waals surface area contributed by atoms with E-state index in [0.717, 1.165) is 34.4 Å². The van der Waals surface area contributed by atoms with Gasteiger partial charge in [-0.3, -0.25) is 28.1 Å². The molecule has 0 spiro atoms. The highest BCUT2D eigenvalue weighted by molar-refractivity contribution is 5.12. The minimum Gasteiger partial charge on any atom is -0.340 e. The first-order valence-electron chi connectivity index (χ1n) is 43.8. The minimum absolute atomic E-state index is 0.311. The number of rotatable bonds is 11. The predicted octanol–water partition coefficient (Wildman–Crippen LogP) is 23.6. The van der Waals surface area contributed by atoms with Gasteiger partial charge in [-0.05, 0) is 140 Å². The molecule has 0 bridgehead atoms. The van der Waals surface area contributed by atoms with E-state index in [4.69, 9.17) is 0 Å². The van der Waals surface area contributed by atoms with E-state index in [2.05, 4.69) is 221 Å². The van der Waals surface area contributed by atoms with Crippen molar-refractivity contribution in [3.63, 3.8) is 0 Å². The largest absolute Gasteiger partial charge is 0.340 e. The average Bonchev–Trinajstić information content (AvgIpc) is 1.73. The lowest BCUT2D eigenvalue weighted by atomic mass is 10.1. The molecule has 118 heavy (non-hydrogen) atoms. The summed E-state index contributed by atoms with van der Waals surface area (Å²) >= 11 is 0. The molecule has 0 N–H and O–H groups in total. The fourth-order valence-corrected chi connectivity index (χ4v) is 8.26. The molecule has 0 aliphatic carbocycles. The van der Waals surface area contributed by atoms with E-state index in [9.17, 15) is 0 Å². The second-order valence-corrected chi connectivity index (χ2v) is 26.7. The molecule has 0 aliphatic rings. The Morgan fingerprint density at radius 2 is 0.898 bits per heavy atom. The van der Waals surface area contributed by atoms with Crippen LogP contribution in [0.4, 0.5) is 0 Å². The molecule has 684 valence electrons. The highest BCUT2D eigenvalue weighted by atomic mass is 15.6. The molecule has 0 saturated heterocycles. The summed E-state index contributed by atoms with van der Waals surface area (Å²) in [7, 11) is 13.5. The standard InChI is InChI=1S/2C7H13N3.4C7H12N2.2C6H10N2.2C5H10N4.C5H9N3.10C2H6/c1-5(2)7-6(3)10(4)9-8-7;1-5(2)7-6(3)8-9-10(7)4;1-6(2)7-4-9(3)5-8-7;1-6(2)7-4-8-5-9(7)3;1-6(2)7-4-8-9(3)5-7;1-6(2)7-4-5-8-9(7)3;1-6(2)8-4-3-7-5-8;1-6(2)8-5-3-4-7-8;1-4(2)5-6-8-9(3)7-5;1-4(2)9-7-5(3)6-8-9;1-5(2)8-4-3-6-7-8;10*1-2/h2*5H,1-4H3;4*4-6H,1-3H3;2*3-6H,1-2H3;2*4H,1-3H3;3-5H,1-2H3;10*1-2H3. The van der Waals surface area contributed by atoms with Crippen molar-refractivity contribution in [1.29, 1.82) is 0 Å². The summed E-state index contributed by atoms with van der Waals surface area (Å²) in [5.74, 6) is 5.20. The quantitative estimate of drug-likeness (QED) is 0.116. The Hall–Kier alpha value is -9.18. The molecule has 0 unspecified atom stereocenters. The van der Waals surface area contributed by atoms with Crippen LogP contribution in [0.5, 0.6) is 0 Å². The Kier molecular flexibility index (Phi) is 92.5. The van der Waals surface area contributed by atoms with Crippen LogP contribution in [0.2, 0.25) is 0 Å². The first-order chi connectivity index (χ1) is 55.9. The summed E-state index contributed by atoms with van der Waals surface area (Å²) in [5, 5.41) is 58.4. The van der Waals surface area contributed by atoms with E-state index in [-0.39, 0.29) is 0 Å². The predicted molar refractivity (Wildman–Crippen MR) is 504 cm³/mol. The van der Waals surface area contributed by atoms with Crippen LogP contribution in [-0.4, -0.2) is 143 Å². The molecule has 0 aromatic carbocycles. The van der Waals surface area contributed by atoms with Gasteiger partial charge in [0.15, 0.2) is 11.6 Å². The van der Waals surface area contributed by atoms with Crippen molar-refractivity contribution < 1.29 is 0 Å². The van der Waals surface area contributed by atoms with Gasteiger partial charge >= 0.3 is 0 Å². The zero-order valence-electron chi connectivity index (χ0n) is 85.6. The maximum absolute atomic E-state index is 4.18. The first kappa shape index (κ1) is 130. The molecule has 0 aliphatic heterocycles. The van der Waals surface area contributed by atoms with E-state index in [1.54, 1.807) is 39.8 Å². The van der Waals surface area contributed by atoms with Crippen molar-refractivity contribution in [2.75, 3.05) is 0 Å². The molecular weight excluding hydrogens is 1480 g/mol. The van der Waals surface area contributed by atoms with Crippen molar-refractivity contribution >= 4 is 0 Å². The van der Waals surface area contributed by atoms with Gasteiger partial charge in [0.05, 0.1) is 72.9 Å². The van der Waals surface area contributed by atoms with Crippen molar-refractivity contribution in [3.8, 4) is 0 Å².